The molecule has 29 heavy (non-hydrogen) atoms. The van der Waals surface area contributed by atoms with Crippen molar-refractivity contribution in [1.29, 1.82) is 0 Å². The number of amides is 1. The predicted molar refractivity (Wildman–Crippen MR) is 114 cm³/mol. The second-order valence-electron chi connectivity index (χ2n) is 7.63. The number of benzene rings is 2. The Morgan fingerprint density at radius 3 is 2.17 bits per heavy atom. The summed E-state index contributed by atoms with van der Waals surface area (Å²) in [6.07, 6.45) is 0. The Morgan fingerprint density at radius 1 is 1.00 bits per heavy atom. The smallest absolute Gasteiger partial charge is 0.350 e. The summed E-state index contributed by atoms with van der Waals surface area (Å²) in [6, 6.07) is 15.1. The summed E-state index contributed by atoms with van der Waals surface area (Å²) in [6.45, 7) is 6.43. The standard InChI is InChI=1S/C23H22FNO3S/c1-23(2,3)16-9-5-14(6-10-16)19-13-18(20(29-19)22(27)28-4)25-21(26)15-7-11-17(24)12-8-15/h5-13H,1-4H3,(H,25,26). The Bertz CT molecular complexity index is 1030. The lowest BCUT2D eigenvalue weighted by Crippen LogP contribution is -2.13. The van der Waals surface area contributed by atoms with Crippen LogP contribution < -0.4 is 5.32 Å². The molecule has 6 heteroatoms. The zero-order valence-electron chi connectivity index (χ0n) is 16.7. The minimum atomic E-state index is -0.526. The number of halogens is 1. The highest BCUT2D eigenvalue weighted by molar-refractivity contribution is 7.18. The molecule has 0 saturated heterocycles. The molecule has 2 aromatic carbocycles. The van der Waals surface area contributed by atoms with Gasteiger partial charge in [0.05, 0.1) is 12.8 Å². The van der Waals surface area contributed by atoms with Crippen LogP contribution in [-0.2, 0) is 10.2 Å². The summed E-state index contributed by atoms with van der Waals surface area (Å²) in [5, 5.41) is 2.74. The molecule has 3 aromatic rings. The van der Waals surface area contributed by atoms with E-state index in [1.54, 1.807) is 6.07 Å². The van der Waals surface area contributed by atoms with E-state index in [0.717, 1.165) is 10.4 Å². The van der Waals surface area contributed by atoms with E-state index in [2.05, 4.69) is 38.2 Å². The van der Waals surface area contributed by atoms with Gasteiger partial charge in [0.25, 0.3) is 5.91 Å². The van der Waals surface area contributed by atoms with Gasteiger partial charge >= 0.3 is 5.97 Å². The number of nitrogens with one attached hydrogen (secondary N) is 1. The summed E-state index contributed by atoms with van der Waals surface area (Å²) in [4.78, 5) is 25.9. The second kappa shape index (κ2) is 8.17. The van der Waals surface area contributed by atoms with Crippen LogP contribution in [0.1, 0.15) is 46.4 Å². The molecule has 1 N–H and O–H groups in total. The van der Waals surface area contributed by atoms with Crippen molar-refractivity contribution < 1.29 is 18.7 Å². The number of esters is 1. The van der Waals surface area contributed by atoms with Crippen molar-refractivity contribution in [2.75, 3.05) is 12.4 Å². The molecule has 0 bridgehead atoms. The zero-order chi connectivity index (χ0) is 21.2. The number of ether oxygens (including phenoxy) is 1. The van der Waals surface area contributed by atoms with E-state index < -0.39 is 17.7 Å². The van der Waals surface area contributed by atoms with Crippen molar-refractivity contribution in [2.24, 2.45) is 0 Å². The lowest BCUT2D eigenvalue weighted by atomic mass is 9.86. The van der Waals surface area contributed by atoms with Gasteiger partial charge in [-0.25, -0.2) is 9.18 Å². The van der Waals surface area contributed by atoms with Gasteiger partial charge in [0.15, 0.2) is 0 Å². The van der Waals surface area contributed by atoms with Crippen LogP contribution in [0.5, 0.6) is 0 Å². The number of hydrogen-bond donors (Lipinski definition) is 1. The van der Waals surface area contributed by atoms with E-state index in [1.807, 2.05) is 12.1 Å². The second-order valence-corrected chi connectivity index (χ2v) is 8.69. The van der Waals surface area contributed by atoms with E-state index in [0.29, 0.717) is 16.1 Å². The van der Waals surface area contributed by atoms with Crippen LogP contribution in [0.25, 0.3) is 10.4 Å². The number of carbonyl (C=O) groups excluding carboxylic acids is 2. The minimum Gasteiger partial charge on any atom is -0.465 e. The average Bonchev–Trinajstić information content (AvgIpc) is 3.11. The van der Waals surface area contributed by atoms with Gasteiger partial charge in [-0.2, -0.15) is 0 Å². The van der Waals surface area contributed by atoms with Crippen LogP contribution >= 0.6 is 11.3 Å². The molecule has 0 aliphatic heterocycles. The quantitative estimate of drug-likeness (QED) is 0.545. The molecule has 0 saturated carbocycles. The SMILES string of the molecule is COC(=O)c1sc(-c2ccc(C(C)(C)C)cc2)cc1NC(=O)c1ccc(F)cc1. The maximum atomic E-state index is 13.1. The van der Waals surface area contributed by atoms with E-state index in [-0.39, 0.29) is 5.41 Å². The molecule has 0 spiro atoms. The lowest BCUT2D eigenvalue weighted by Gasteiger charge is -2.18. The maximum absolute atomic E-state index is 13.1. The summed E-state index contributed by atoms with van der Waals surface area (Å²) in [5.74, 6) is -1.38. The molecule has 150 valence electrons. The molecular formula is C23H22FNO3S. The highest BCUT2D eigenvalue weighted by Gasteiger charge is 2.21. The molecule has 1 heterocycles. The lowest BCUT2D eigenvalue weighted by molar-refractivity contribution is 0.0607. The third kappa shape index (κ3) is 4.71. The van der Waals surface area contributed by atoms with Gasteiger partial charge in [0.2, 0.25) is 0 Å². The summed E-state index contributed by atoms with van der Waals surface area (Å²) >= 11 is 1.25. The fraction of sp³-hybridized carbons (Fsp3) is 0.217. The topological polar surface area (TPSA) is 55.4 Å². The van der Waals surface area contributed by atoms with E-state index in [9.17, 15) is 14.0 Å². The summed E-state index contributed by atoms with van der Waals surface area (Å²) in [7, 11) is 1.30. The highest BCUT2D eigenvalue weighted by Crippen LogP contribution is 2.36. The molecule has 4 nitrogen and oxygen atoms in total. The maximum Gasteiger partial charge on any atom is 0.350 e. The van der Waals surface area contributed by atoms with Crippen molar-refractivity contribution in [3.63, 3.8) is 0 Å². The molecule has 0 fully saturated rings. The van der Waals surface area contributed by atoms with E-state index in [4.69, 9.17) is 4.74 Å². The minimum absolute atomic E-state index is 0.0411. The Labute approximate surface area is 173 Å². The fourth-order valence-corrected chi connectivity index (χ4v) is 3.84. The van der Waals surface area contributed by atoms with Crippen LogP contribution in [0.15, 0.2) is 54.6 Å². The van der Waals surface area contributed by atoms with E-state index in [1.165, 1.54) is 48.3 Å². The van der Waals surface area contributed by atoms with Crippen molar-refractivity contribution in [1.82, 2.24) is 0 Å². The largest absolute Gasteiger partial charge is 0.465 e. The molecule has 0 radical (unpaired) electrons. The van der Waals surface area contributed by atoms with Gasteiger partial charge in [-0.15, -0.1) is 11.3 Å². The Kier molecular flexibility index (Phi) is 5.84. The Morgan fingerprint density at radius 2 is 1.62 bits per heavy atom. The molecule has 1 aromatic heterocycles. The average molecular weight is 411 g/mol. The van der Waals surface area contributed by atoms with Crippen LogP contribution in [0.3, 0.4) is 0 Å². The van der Waals surface area contributed by atoms with Gasteiger partial charge in [0.1, 0.15) is 10.7 Å². The van der Waals surface area contributed by atoms with Gasteiger partial charge in [-0.3, -0.25) is 4.79 Å². The third-order valence-electron chi connectivity index (χ3n) is 4.49. The van der Waals surface area contributed by atoms with Gasteiger partial charge in [0, 0.05) is 10.4 Å². The van der Waals surface area contributed by atoms with Crippen LogP contribution in [0.4, 0.5) is 10.1 Å². The van der Waals surface area contributed by atoms with Crippen molar-refractivity contribution in [3.05, 3.63) is 76.4 Å². The van der Waals surface area contributed by atoms with Crippen molar-refractivity contribution >= 4 is 28.9 Å². The first-order valence-corrected chi connectivity index (χ1v) is 9.90. The van der Waals surface area contributed by atoms with Crippen LogP contribution in [-0.4, -0.2) is 19.0 Å². The molecular weight excluding hydrogens is 389 g/mol. The molecule has 0 unspecified atom stereocenters. The fourth-order valence-electron chi connectivity index (χ4n) is 2.80. The Balaban J connectivity index is 1.93. The third-order valence-corrected chi connectivity index (χ3v) is 5.66. The normalized spacial score (nSPS) is 11.2. The van der Waals surface area contributed by atoms with Crippen LogP contribution in [0.2, 0.25) is 0 Å². The number of anilines is 1. The van der Waals surface area contributed by atoms with Gasteiger partial charge in [-0.05, 0) is 46.9 Å². The zero-order valence-corrected chi connectivity index (χ0v) is 17.5. The molecule has 1 amide bonds. The first-order valence-electron chi connectivity index (χ1n) is 9.09. The van der Waals surface area contributed by atoms with Crippen LogP contribution in [0, 0.1) is 5.82 Å². The van der Waals surface area contributed by atoms with Gasteiger partial charge in [-0.1, -0.05) is 45.0 Å². The summed E-state index contributed by atoms with van der Waals surface area (Å²) < 4.78 is 18.0. The number of rotatable bonds is 4. The Hall–Kier alpha value is -2.99. The summed E-state index contributed by atoms with van der Waals surface area (Å²) in [5.41, 5.74) is 2.85. The predicted octanol–water partition coefficient (Wildman–Crippen LogP) is 5.89. The van der Waals surface area contributed by atoms with Crippen molar-refractivity contribution in [3.8, 4) is 10.4 Å². The number of methoxy groups -OCH3 is 1. The molecule has 0 aliphatic rings. The first-order chi connectivity index (χ1) is 13.7. The molecule has 3 rings (SSSR count). The number of carbonyl (C=O) groups is 2. The monoisotopic (exact) mass is 411 g/mol. The highest BCUT2D eigenvalue weighted by atomic mass is 32.1. The molecule has 0 atom stereocenters. The number of thiophene rings is 1. The molecule has 0 aliphatic carbocycles. The first kappa shape index (κ1) is 20.7. The van der Waals surface area contributed by atoms with Gasteiger partial charge < -0.3 is 10.1 Å². The van der Waals surface area contributed by atoms with E-state index >= 15 is 0 Å². The number of hydrogen-bond acceptors (Lipinski definition) is 4. The van der Waals surface area contributed by atoms with Crippen molar-refractivity contribution in [2.45, 2.75) is 26.2 Å².